The molecule has 0 amide bonds. The van der Waals surface area contributed by atoms with Crippen molar-refractivity contribution in [1.29, 1.82) is 0 Å². The molecule has 0 bridgehead atoms. The first-order chi connectivity index (χ1) is 8.81. The van der Waals surface area contributed by atoms with Crippen molar-refractivity contribution in [1.82, 2.24) is 0 Å². The van der Waals surface area contributed by atoms with Crippen LogP contribution in [-0.2, 0) is 9.53 Å². The fourth-order valence-electron chi connectivity index (χ4n) is 1.99. The Kier molecular flexibility index (Phi) is 14.0. The fourth-order valence-corrected chi connectivity index (χ4v) is 1.99. The predicted octanol–water partition coefficient (Wildman–Crippen LogP) is 3.83. The summed E-state index contributed by atoms with van der Waals surface area (Å²) >= 11 is 0. The minimum absolute atomic E-state index is 0.0796. The van der Waals surface area contributed by atoms with Crippen molar-refractivity contribution in [3.05, 3.63) is 0 Å². The second kappa shape index (κ2) is 14.5. The van der Waals surface area contributed by atoms with Crippen LogP contribution in [0.4, 0.5) is 0 Å². The Hall–Kier alpha value is -0.570. The van der Waals surface area contributed by atoms with Crippen molar-refractivity contribution in [2.75, 3.05) is 13.2 Å². The van der Waals surface area contributed by atoms with Crippen LogP contribution in [0.25, 0.3) is 0 Å². The summed E-state index contributed by atoms with van der Waals surface area (Å²) in [4.78, 5) is 11.1. The lowest BCUT2D eigenvalue weighted by atomic mass is 10.1. The maximum Gasteiger partial charge on any atom is 0.305 e. The van der Waals surface area contributed by atoms with E-state index in [-0.39, 0.29) is 19.2 Å². The van der Waals surface area contributed by atoms with Gasteiger partial charge in [-0.25, -0.2) is 0 Å². The van der Waals surface area contributed by atoms with Crippen molar-refractivity contribution < 1.29 is 14.6 Å². The number of carbonyl (C=O) groups excluding carboxylic acids is 1. The summed E-state index contributed by atoms with van der Waals surface area (Å²) in [6.07, 6.45) is 13.2. The van der Waals surface area contributed by atoms with Crippen molar-refractivity contribution in [3.8, 4) is 0 Å². The summed E-state index contributed by atoms with van der Waals surface area (Å²) in [5.41, 5.74) is 0. The lowest BCUT2D eigenvalue weighted by Crippen LogP contribution is -2.07. The Morgan fingerprint density at radius 3 is 1.89 bits per heavy atom. The van der Waals surface area contributed by atoms with Crippen LogP contribution in [0.1, 0.15) is 77.6 Å². The van der Waals surface area contributed by atoms with Crippen LogP contribution in [0.2, 0.25) is 0 Å². The number of carbonyl (C=O) groups is 1. The van der Waals surface area contributed by atoms with E-state index in [1.807, 2.05) is 0 Å². The molecule has 3 heteroatoms. The first-order valence-electron chi connectivity index (χ1n) is 7.57. The molecule has 0 atom stereocenters. The monoisotopic (exact) mass is 258 g/mol. The average Bonchev–Trinajstić information content (AvgIpc) is 2.38. The maximum absolute atomic E-state index is 11.1. The van der Waals surface area contributed by atoms with Gasteiger partial charge in [0.1, 0.15) is 6.61 Å². The molecule has 0 fully saturated rings. The Bertz CT molecular complexity index is 181. The predicted molar refractivity (Wildman–Crippen MR) is 74.5 cm³/mol. The van der Waals surface area contributed by atoms with Crippen LogP contribution in [0.15, 0.2) is 0 Å². The third-order valence-electron chi connectivity index (χ3n) is 3.09. The van der Waals surface area contributed by atoms with Gasteiger partial charge < -0.3 is 9.84 Å². The van der Waals surface area contributed by atoms with Crippen LogP contribution in [0, 0.1) is 0 Å². The maximum atomic E-state index is 11.1. The molecule has 0 aromatic carbocycles. The average molecular weight is 258 g/mol. The highest BCUT2D eigenvalue weighted by atomic mass is 16.5. The highest BCUT2D eigenvalue weighted by Gasteiger charge is 2.01. The van der Waals surface area contributed by atoms with E-state index in [1.165, 1.54) is 51.4 Å². The third kappa shape index (κ3) is 13.5. The number of hydrogen-bond donors (Lipinski definition) is 1. The van der Waals surface area contributed by atoms with Gasteiger partial charge in [-0.1, -0.05) is 64.7 Å². The van der Waals surface area contributed by atoms with Gasteiger partial charge in [-0.15, -0.1) is 0 Å². The fraction of sp³-hybridized carbons (Fsp3) is 0.933. The number of hydrogen-bond acceptors (Lipinski definition) is 3. The molecule has 0 unspecified atom stereocenters. The molecule has 0 aliphatic heterocycles. The zero-order valence-electron chi connectivity index (χ0n) is 12.0. The van der Waals surface area contributed by atoms with Crippen LogP contribution in [0.3, 0.4) is 0 Å². The normalized spacial score (nSPS) is 10.6. The Morgan fingerprint density at radius 2 is 1.39 bits per heavy atom. The largest absolute Gasteiger partial charge is 0.463 e. The van der Waals surface area contributed by atoms with Gasteiger partial charge >= 0.3 is 5.97 Å². The van der Waals surface area contributed by atoms with E-state index in [2.05, 4.69) is 6.92 Å². The highest BCUT2D eigenvalue weighted by molar-refractivity contribution is 5.69. The van der Waals surface area contributed by atoms with Gasteiger partial charge in [0.05, 0.1) is 6.61 Å². The third-order valence-corrected chi connectivity index (χ3v) is 3.09. The summed E-state index contributed by atoms with van der Waals surface area (Å²) in [5.74, 6) is -0.177. The quantitative estimate of drug-likeness (QED) is 0.403. The molecule has 1 N–H and O–H groups in total. The number of ether oxygens (including phenoxy) is 1. The topological polar surface area (TPSA) is 46.5 Å². The molecule has 0 aliphatic rings. The van der Waals surface area contributed by atoms with E-state index in [9.17, 15) is 4.79 Å². The number of unbranched alkanes of at least 4 members (excludes halogenated alkanes) is 9. The van der Waals surface area contributed by atoms with E-state index >= 15 is 0 Å². The zero-order chi connectivity index (χ0) is 13.5. The van der Waals surface area contributed by atoms with Crippen molar-refractivity contribution in [2.45, 2.75) is 77.6 Å². The minimum atomic E-state index is -0.177. The minimum Gasteiger partial charge on any atom is -0.463 e. The molecule has 18 heavy (non-hydrogen) atoms. The SMILES string of the molecule is CCCCCCCCCCCCC(=O)OCCO. The molecule has 0 aromatic heterocycles. The molecule has 0 radical (unpaired) electrons. The van der Waals surface area contributed by atoms with E-state index in [0.29, 0.717) is 6.42 Å². The molecule has 0 aliphatic carbocycles. The lowest BCUT2D eigenvalue weighted by molar-refractivity contribution is -0.144. The number of rotatable bonds is 13. The summed E-state index contributed by atoms with van der Waals surface area (Å²) in [6.45, 7) is 2.30. The zero-order valence-corrected chi connectivity index (χ0v) is 12.0. The molecule has 0 spiro atoms. The standard InChI is InChI=1S/C15H30O3/c1-2-3-4-5-6-7-8-9-10-11-12-15(17)18-14-13-16/h16H,2-14H2,1H3. The van der Waals surface area contributed by atoms with Crippen LogP contribution in [-0.4, -0.2) is 24.3 Å². The van der Waals surface area contributed by atoms with Gasteiger partial charge in [-0.3, -0.25) is 4.79 Å². The van der Waals surface area contributed by atoms with Crippen LogP contribution >= 0.6 is 0 Å². The first kappa shape index (κ1) is 17.4. The summed E-state index contributed by atoms with van der Waals surface area (Å²) < 4.78 is 4.78. The van der Waals surface area contributed by atoms with E-state index in [0.717, 1.165) is 12.8 Å². The van der Waals surface area contributed by atoms with Crippen LogP contribution in [0.5, 0.6) is 0 Å². The van der Waals surface area contributed by atoms with Gasteiger partial charge in [-0.2, -0.15) is 0 Å². The first-order valence-corrected chi connectivity index (χ1v) is 7.57. The lowest BCUT2D eigenvalue weighted by Gasteiger charge is -2.03. The summed E-state index contributed by atoms with van der Waals surface area (Å²) in [5, 5.41) is 8.48. The Balaban J connectivity index is 3.04. The molecule has 3 nitrogen and oxygen atoms in total. The van der Waals surface area contributed by atoms with Crippen molar-refractivity contribution in [2.24, 2.45) is 0 Å². The molecule has 0 saturated heterocycles. The van der Waals surface area contributed by atoms with Gasteiger partial charge in [0, 0.05) is 6.42 Å². The van der Waals surface area contributed by atoms with Crippen LogP contribution < -0.4 is 0 Å². The second-order valence-corrected chi connectivity index (χ2v) is 4.88. The highest BCUT2D eigenvalue weighted by Crippen LogP contribution is 2.11. The Morgan fingerprint density at radius 1 is 0.889 bits per heavy atom. The van der Waals surface area contributed by atoms with Gasteiger partial charge in [0.15, 0.2) is 0 Å². The summed E-state index contributed by atoms with van der Waals surface area (Å²) in [6, 6.07) is 0. The molecule has 0 aromatic rings. The molecule has 108 valence electrons. The molecular weight excluding hydrogens is 228 g/mol. The molecule has 0 saturated carbocycles. The summed E-state index contributed by atoms with van der Waals surface area (Å²) in [7, 11) is 0. The molecular formula is C15H30O3. The smallest absolute Gasteiger partial charge is 0.305 e. The van der Waals surface area contributed by atoms with E-state index < -0.39 is 0 Å². The van der Waals surface area contributed by atoms with Gasteiger partial charge in [0.2, 0.25) is 0 Å². The van der Waals surface area contributed by atoms with Gasteiger partial charge in [-0.05, 0) is 6.42 Å². The second-order valence-electron chi connectivity index (χ2n) is 4.88. The van der Waals surface area contributed by atoms with Gasteiger partial charge in [0.25, 0.3) is 0 Å². The van der Waals surface area contributed by atoms with Crippen molar-refractivity contribution in [3.63, 3.8) is 0 Å². The van der Waals surface area contributed by atoms with Crippen molar-refractivity contribution >= 4 is 5.97 Å². The number of aliphatic hydroxyl groups excluding tert-OH is 1. The molecule has 0 heterocycles. The molecule has 0 rings (SSSR count). The number of aliphatic hydroxyl groups is 1. The Labute approximate surface area is 112 Å². The van der Waals surface area contributed by atoms with E-state index in [1.54, 1.807) is 0 Å². The van der Waals surface area contributed by atoms with E-state index in [4.69, 9.17) is 9.84 Å². The number of esters is 1.